The number of aryl methyl sites for hydroxylation is 2. The van der Waals surface area contributed by atoms with Crippen LogP contribution in [0.1, 0.15) is 42.0 Å². The van der Waals surface area contributed by atoms with E-state index in [2.05, 4.69) is 10.6 Å². The Labute approximate surface area is 184 Å². The van der Waals surface area contributed by atoms with Crippen LogP contribution in [0.3, 0.4) is 0 Å². The van der Waals surface area contributed by atoms with Gasteiger partial charge in [0.1, 0.15) is 6.04 Å². The molecular weight excluding hydrogens is 384 g/mol. The van der Waals surface area contributed by atoms with E-state index in [1.165, 1.54) is 0 Å². The van der Waals surface area contributed by atoms with Gasteiger partial charge in [-0.3, -0.25) is 9.59 Å². The molecule has 0 fully saturated rings. The number of benzene rings is 3. The van der Waals surface area contributed by atoms with Crippen molar-refractivity contribution in [1.29, 1.82) is 0 Å². The number of carbonyl (C=O) groups is 2. The Morgan fingerprint density at radius 2 is 1.29 bits per heavy atom. The molecule has 0 aliphatic rings. The molecule has 2 amide bonds. The SMILES string of the molecule is Cc1ccc(C)c(NC(=O)[C@H](NC(=O)C(c2ccccc2)c2ccccc2)C(C)C)c1. The molecule has 0 unspecified atom stereocenters. The third-order valence-corrected chi connectivity index (χ3v) is 5.43. The summed E-state index contributed by atoms with van der Waals surface area (Å²) in [5.74, 6) is -0.956. The molecule has 160 valence electrons. The molecule has 0 saturated heterocycles. The summed E-state index contributed by atoms with van der Waals surface area (Å²) >= 11 is 0. The highest BCUT2D eigenvalue weighted by molar-refractivity contribution is 5.99. The van der Waals surface area contributed by atoms with Gasteiger partial charge in [0.15, 0.2) is 0 Å². The van der Waals surface area contributed by atoms with Crippen molar-refractivity contribution in [3.05, 3.63) is 101 Å². The molecule has 0 saturated carbocycles. The zero-order valence-corrected chi connectivity index (χ0v) is 18.6. The number of amides is 2. The Hall–Kier alpha value is -3.40. The van der Waals surface area contributed by atoms with Crippen LogP contribution in [0.25, 0.3) is 0 Å². The highest BCUT2D eigenvalue weighted by Gasteiger charge is 2.29. The number of hydrogen-bond donors (Lipinski definition) is 2. The number of nitrogens with one attached hydrogen (secondary N) is 2. The Balaban J connectivity index is 1.85. The second kappa shape index (κ2) is 10.1. The van der Waals surface area contributed by atoms with Crippen LogP contribution in [0, 0.1) is 19.8 Å². The summed E-state index contributed by atoms with van der Waals surface area (Å²) in [6.45, 7) is 7.82. The minimum atomic E-state index is -0.651. The lowest BCUT2D eigenvalue weighted by atomic mass is 9.89. The summed E-state index contributed by atoms with van der Waals surface area (Å²) in [4.78, 5) is 26.6. The normalized spacial score (nSPS) is 11.9. The highest BCUT2D eigenvalue weighted by Crippen LogP contribution is 2.25. The van der Waals surface area contributed by atoms with Crippen molar-refractivity contribution in [3.63, 3.8) is 0 Å². The van der Waals surface area contributed by atoms with Gasteiger partial charge in [-0.2, -0.15) is 0 Å². The minimum Gasteiger partial charge on any atom is -0.343 e. The molecule has 4 nitrogen and oxygen atoms in total. The smallest absolute Gasteiger partial charge is 0.247 e. The monoisotopic (exact) mass is 414 g/mol. The predicted octanol–water partition coefficient (Wildman–Crippen LogP) is 5.21. The molecule has 0 heterocycles. The highest BCUT2D eigenvalue weighted by atomic mass is 16.2. The first-order valence-electron chi connectivity index (χ1n) is 10.6. The van der Waals surface area contributed by atoms with Crippen molar-refractivity contribution < 1.29 is 9.59 Å². The number of carbonyl (C=O) groups excluding carboxylic acids is 2. The van der Waals surface area contributed by atoms with E-state index >= 15 is 0 Å². The fourth-order valence-corrected chi connectivity index (χ4v) is 3.64. The average molecular weight is 415 g/mol. The molecule has 3 aromatic rings. The molecule has 0 aliphatic carbocycles. The van der Waals surface area contributed by atoms with Crippen molar-refractivity contribution in [3.8, 4) is 0 Å². The lowest BCUT2D eigenvalue weighted by Gasteiger charge is -2.25. The van der Waals surface area contributed by atoms with E-state index in [4.69, 9.17) is 0 Å². The van der Waals surface area contributed by atoms with Gasteiger partial charge in [-0.15, -0.1) is 0 Å². The van der Waals surface area contributed by atoms with E-state index in [0.717, 1.165) is 27.9 Å². The van der Waals surface area contributed by atoms with Crippen LogP contribution in [0.2, 0.25) is 0 Å². The molecule has 3 rings (SSSR count). The van der Waals surface area contributed by atoms with Crippen LogP contribution in [0.5, 0.6) is 0 Å². The number of hydrogen-bond acceptors (Lipinski definition) is 2. The molecule has 2 N–H and O–H groups in total. The molecule has 31 heavy (non-hydrogen) atoms. The van der Waals surface area contributed by atoms with Gasteiger partial charge in [-0.25, -0.2) is 0 Å². The van der Waals surface area contributed by atoms with Gasteiger partial charge in [0.2, 0.25) is 11.8 Å². The lowest BCUT2D eigenvalue weighted by Crippen LogP contribution is -2.48. The second-order valence-corrected chi connectivity index (χ2v) is 8.29. The van der Waals surface area contributed by atoms with E-state index < -0.39 is 12.0 Å². The summed E-state index contributed by atoms with van der Waals surface area (Å²) in [5.41, 5.74) is 4.61. The van der Waals surface area contributed by atoms with Gasteiger partial charge >= 0.3 is 0 Å². The maximum atomic E-state index is 13.4. The molecule has 1 atom stereocenters. The summed E-state index contributed by atoms with van der Waals surface area (Å²) in [6.07, 6.45) is 0. The van der Waals surface area contributed by atoms with Gasteiger partial charge in [0.25, 0.3) is 0 Å². The van der Waals surface area contributed by atoms with Crippen molar-refractivity contribution in [2.24, 2.45) is 5.92 Å². The maximum Gasteiger partial charge on any atom is 0.247 e. The quantitative estimate of drug-likeness (QED) is 0.557. The van der Waals surface area contributed by atoms with Crippen molar-refractivity contribution in [2.45, 2.75) is 39.7 Å². The average Bonchev–Trinajstić information content (AvgIpc) is 2.76. The van der Waals surface area contributed by atoms with Gasteiger partial charge in [0.05, 0.1) is 5.92 Å². The minimum absolute atomic E-state index is 0.0683. The van der Waals surface area contributed by atoms with E-state index in [0.29, 0.717) is 0 Å². The lowest BCUT2D eigenvalue weighted by molar-refractivity contribution is -0.127. The van der Waals surface area contributed by atoms with Crippen LogP contribution in [-0.2, 0) is 9.59 Å². The maximum absolute atomic E-state index is 13.4. The van der Waals surface area contributed by atoms with Crippen molar-refractivity contribution in [2.75, 3.05) is 5.32 Å². The van der Waals surface area contributed by atoms with Crippen LogP contribution < -0.4 is 10.6 Å². The van der Waals surface area contributed by atoms with Crippen LogP contribution in [0.15, 0.2) is 78.9 Å². The van der Waals surface area contributed by atoms with Crippen molar-refractivity contribution in [1.82, 2.24) is 5.32 Å². The summed E-state index contributed by atoms with van der Waals surface area (Å²) in [7, 11) is 0. The first-order chi connectivity index (χ1) is 14.9. The van der Waals surface area contributed by atoms with E-state index in [1.807, 2.05) is 107 Å². The van der Waals surface area contributed by atoms with Gasteiger partial charge < -0.3 is 10.6 Å². The summed E-state index contributed by atoms with van der Waals surface area (Å²) in [5, 5.41) is 6.02. The van der Waals surface area contributed by atoms with E-state index in [-0.39, 0.29) is 17.7 Å². The molecule has 0 aromatic heterocycles. The zero-order chi connectivity index (χ0) is 22.4. The molecule has 0 aliphatic heterocycles. The Kier molecular flexibility index (Phi) is 7.24. The van der Waals surface area contributed by atoms with Gasteiger partial charge in [-0.05, 0) is 48.1 Å². The fraction of sp³-hybridized carbons (Fsp3) is 0.259. The third kappa shape index (κ3) is 5.60. The predicted molar refractivity (Wildman–Crippen MR) is 126 cm³/mol. The first kappa shape index (κ1) is 22.3. The van der Waals surface area contributed by atoms with E-state index in [9.17, 15) is 9.59 Å². The molecular formula is C27H30N2O2. The van der Waals surface area contributed by atoms with Crippen LogP contribution in [0.4, 0.5) is 5.69 Å². The second-order valence-electron chi connectivity index (χ2n) is 8.29. The third-order valence-electron chi connectivity index (χ3n) is 5.43. The Morgan fingerprint density at radius 3 is 1.81 bits per heavy atom. The van der Waals surface area contributed by atoms with Gasteiger partial charge in [-0.1, -0.05) is 86.6 Å². The molecule has 3 aromatic carbocycles. The number of anilines is 1. The fourth-order valence-electron chi connectivity index (χ4n) is 3.64. The van der Waals surface area contributed by atoms with E-state index in [1.54, 1.807) is 0 Å². The van der Waals surface area contributed by atoms with Crippen LogP contribution >= 0.6 is 0 Å². The molecule has 0 radical (unpaired) electrons. The Morgan fingerprint density at radius 1 is 0.742 bits per heavy atom. The molecule has 4 heteroatoms. The largest absolute Gasteiger partial charge is 0.343 e. The summed E-state index contributed by atoms with van der Waals surface area (Å²) < 4.78 is 0. The molecule has 0 bridgehead atoms. The van der Waals surface area contributed by atoms with Crippen molar-refractivity contribution >= 4 is 17.5 Å². The standard InChI is InChI=1S/C27H30N2O2/c1-18(2)25(27(31)28-23-17-19(3)15-16-20(23)4)29-26(30)24(21-11-7-5-8-12-21)22-13-9-6-10-14-22/h5-18,24-25H,1-4H3,(H,28,31)(H,29,30)/t25-/m1/s1. The molecule has 0 spiro atoms. The first-order valence-corrected chi connectivity index (χ1v) is 10.6. The number of rotatable bonds is 7. The topological polar surface area (TPSA) is 58.2 Å². The Bertz CT molecular complexity index is 990. The van der Waals surface area contributed by atoms with Crippen LogP contribution in [-0.4, -0.2) is 17.9 Å². The summed E-state index contributed by atoms with van der Waals surface area (Å²) in [6, 6.07) is 24.6. The zero-order valence-electron chi connectivity index (χ0n) is 18.6. The van der Waals surface area contributed by atoms with Gasteiger partial charge in [0, 0.05) is 5.69 Å².